The Morgan fingerprint density at radius 3 is 2.67 bits per heavy atom. The largest absolute Gasteiger partial charge is 0.384 e. The maximum absolute atomic E-state index is 12.5. The molecule has 2 aromatic rings. The van der Waals surface area contributed by atoms with Crippen LogP contribution < -0.4 is 17.0 Å². The van der Waals surface area contributed by atoms with Gasteiger partial charge in [-0.2, -0.15) is 0 Å². The third-order valence-corrected chi connectivity index (χ3v) is 5.94. The van der Waals surface area contributed by atoms with Gasteiger partial charge in [-0.1, -0.05) is 37.4 Å². The highest BCUT2D eigenvalue weighted by Crippen LogP contribution is 2.28. The maximum atomic E-state index is 12.5. The van der Waals surface area contributed by atoms with E-state index in [2.05, 4.69) is 15.2 Å². The van der Waals surface area contributed by atoms with Crippen molar-refractivity contribution in [2.45, 2.75) is 43.7 Å². The number of carbonyl (C=O) groups is 1. The number of ketones is 1. The molecule has 2 heterocycles. The van der Waals surface area contributed by atoms with Crippen molar-refractivity contribution in [2.75, 3.05) is 11.5 Å². The predicted octanol–water partition coefficient (Wildman–Crippen LogP) is 0.882. The molecule has 146 valence electrons. The van der Waals surface area contributed by atoms with E-state index in [1.165, 1.54) is 39.8 Å². The van der Waals surface area contributed by atoms with E-state index in [1.807, 2.05) is 0 Å². The van der Waals surface area contributed by atoms with Gasteiger partial charge in [0.05, 0.1) is 5.75 Å². The van der Waals surface area contributed by atoms with Crippen LogP contribution in [0.25, 0.3) is 0 Å². The average Bonchev–Trinajstić information content (AvgIpc) is 3.33. The molecule has 10 heteroatoms. The number of nitrogen functional groups attached to an aromatic ring is 1. The molecular formula is C17H24N6O3S. The number of H-pyrrole nitrogens is 1. The summed E-state index contributed by atoms with van der Waals surface area (Å²) in [6.07, 6.45) is 7.17. The number of nitrogens with one attached hydrogen (secondary N) is 1. The molecule has 3 rings (SSSR count). The quantitative estimate of drug-likeness (QED) is 0.528. The van der Waals surface area contributed by atoms with Gasteiger partial charge < -0.3 is 5.73 Å². The zero-order valence-corrected chi connectivity index (χ0v) is 16.3. The van der Waals surface area contributed by atoms with Crippen molar-refractivity contribution in [3.63, 3.8) is 0 Å². The second kappa shape index (κ2) is 8.12. The summed E-state index contributed by atoms with van der Waals surface area (Å²) in [5.41, 5.74) is 4.38. The molecule has 1 saturated carbocycles. The van der Waals surface area contributed by atoms with Crippen molar-refractivity contribution < 1.29 is 4.79 Å². The van der Waals surface area contributed by atoms with Crippen molar-refractivity contribution in [1.29, 1.82) is 0 Å². The van der Waals surface area contributed by atoms with E-state index < -0.39 is 17.0 Å². The maximum Gasteiger partial charge on any atom is 0.332 e. The van der Waals surface area contributed by atoms with Crippen molar-refractivity contribution in [3.05, 3.63) is 32.2 Å². The van der Waals surface area contributed by atoms with Gasteiger partial charge in [0.25, 0.3) is 5.56 Å². The zero-order valence-electron chi connectivity index (χ0n) is 15.5. The Morgan fingerprint density at radius 2 is 1.96 bits per heavy atom. The predicted molar refractivity (Wildman–Crippen MR) is 103 cm³/mol. The fourth-order valence-electron chi connectivity index (χ4n) is 3.42. The fourth-order valence-corrected chi connectivity index (χ4v) is 4.11. The van der Waals surface area contributed by atoms with Gasteiger partial charge in [-0.25, -0.2) is 9.78 Å². The first-order valence-electron chi connectivity index (χ1n) is 9.01. The Hall–Kier alpha value is -2.36. The topological polar surface area (TPSA) is 129 Å². The van der Waals surface area contributed by atoms with Crippen LogP contribution in [-0.2, 0) is 20.5 Å². The third kappa shape index (κ3) is 4.15. The number of carbonyl (C=O) groups excluding carboxylic acids is 1. The summed E-state index contributed by atoms with van der Waals surface area (Å²) in [5.74, 6) is 0.982. The van der Waals surface area contributed by atoms with Crippen LogP contribution in [0.5, 0.6) is 0 Å². The molecule has 1 aliphatic carbocycles. The lowest BCUT2D eigenvalue weighted by atomic mass is 10.0. The van der Waals surface area contributed by atoms with Crippen LogP contribution >= 0.6 is 11.8 Å². The Morgan fingerprint density at radius 1 is 1.26 bits per heavy atom. The molecule has 3 N–H and O–H groups in total. The fraction of sp³-hybridized carbons (Fsp3) is 0.588. The standard InChI is InChI=1S/C17H24N6O3S/c1-22-14(18)13(15(25)23(2)17(22)26)11(24)9-27-16-19-12(20-21-16)8-7-10-5-3-4-6-10/h10H,3-9,18H2,1-2H3,(H,19,20,21). The molecule has 27 heavy (non-hydrogen) atoms. The van der Waals surface area contributed by atoms with Crippen LogP contribution in [0.2, 0.25) is 0 Å². The second-order valence-electron chi connectivity index (χ2n) is 6.93. The molecule has 2 aromatic heterocycles. The number of aromatic nitrogens is 5. The summed E-state index contributed by atoms with van der Waals surface area (Å²) >= 11 is 1.14. The molecule has 0 aliphatic heterocycles. The molecule has 9 nitrogen and oxygen atoms in total. The van der Waals surface area contributed by atoms with Gasteiger partial charge in [0.15, 0.2) is 5.78 Å². The Balaban J connectivity index is 1.63. The number of nitrogens with two attached hydrogens (primary N) is 1. The van der Waals surface area contributed by atoms with Crippen LogP contribution in [0.3, 0.4) is 0 Å². The molecular weight excluding hydrogens is 368 g/mol. The molecule has 0 bridgehead atoms. The molecule has 1 aliphatic rings. The van der Waals surface area contributed by atoms with Crippen LogP contribution in [0.1, 0.15) is 48.3 Å². The monoisotopic (exact) mass is 392 g/mol. The molecule has 0 saturated heterocycles. The first-order chi connectivity index (χ1) is 12.9. The Labute approximate surface area is 160 Å². The number of Topliss-reactive ketones (excluding diaryl/α,β-unsaturated/α-hetero) is 1. The molecule has 0 radical (unpaired) electrons. The summed E-state index contributed by atoms with van der Waals surface area (Å²) in [4.78, 5) is 41.0. The number of hydrogen-bond donors (Lipinski definition) is 2. The van der Waals surface area contributed by atoms with Gasteiger partial charge >= 0.3 is 5.69 Å². The SMILES string of the molecule is Cn1c(N)c(C(=O)CSc2n[nH]c(CCC3CCCC3)n2)c(=O)n(C)c1=O. The molecule has 0 atom stereocenters. The van der Waals surface area contributed by atoms with E-state index in [4.69, 9.17) is 5.73 Å². The van der Waals surface area contributed by atoms with E-state index >= 15 is 0 Å². The van der Waals surface area contributed by atoms with Crippen LogP contribution in [0.4, 0.5) is 5.82 Å². The molecule has 0 amide bonds. The van der Waals surface area contributed by atoms with Gasteiger partial charge in [0.2, 0.25) is 5.16 Å². The minimum atomic E-state index is -0.687. The van der Waals surface area contributed by atoms with Crippen molar-refractivity contribution in [1.82, 2.24) is 24.3 Å². The number of aromatic amines is 1. The smallest absolute Gasteiger partial charge is 0.332 e. The summed E-state index contributed by atoms with van der Waals surface area (Å²) in [7, 11) is 2.74. The van der Waals surface area contributed by atoms with Crippen LogP contribution in [0, 0.1) is 5.92 Å². The second-order valence-corrected chi connectivity index (χ2v) is 7.87. The average molecular weight is 392 g/mol. The lowest BCUT2D eigenvalue weighted by Crippen LogP contribution is -2.41. The highest BCUT2D eigenvalue weighted by atomic mass is 32.2. The van der Waals surface area contributed by atoms with E-state index in [9.17, 15) is 14.4 Å². The van der Waals surface area contributed by atoms with Gasteiger partial charge in [0.1, 0.15) is 17.2 Å². The molecule has 0 aromatic carbocycles. The van der Waals surface area contributed by atoms with Crippen LogP contribution in [0.15, 0.2) is 14.7 Å². The first kappa shape index (κ1) is 19.4. The van der Waals surface area contributed by atoms with E-state index in [-0.39, 0.29) is 17.1 Å². The lowest BCUT2D eigenvalue weighted by molar-refractivity contribution is 0.102. The van der Waals surface area contributed by atoms with Gasteiger partial charge in [-0.3, -0.25) is 23.8 Å². The number of rotatable bonds is 7. The number of hydrogen-bond acceptors (Lipinski definition) is 7. The van der Waals surface area contributed by atoms with Gasteiger partial charge in [-0.15, -0.1) is 5.10 Å². The number of aryl methyl sites for hydroxylation is 1. The summed E-state index contributed by atoms with van der Waals surface area (Å²) < 4.78 is 1.97. The third-order valence-electron chi connectivity index (χ3n) is 5.10. The summed E-state index contributed by atoms with van der Waals surface area (Å²) in [6, 6.07) is 0. The number of nitrogens with zero attached hydrogens (tertiary/aromatic N) is 4. The van der Waals surface area contributed by atoms with Crippen molar-refractivity contribution in [3.8, 4) is 0 Å². The van der Waals surface area contributed by atoms with Gasteiger partial charge in [0, 0.05) is 20.5 Å². The summed E-state index contributed by atoms with van der Waals surface area (Å²) in [6.45, 7) is 0. The zero-order chi connectivity index (χ0) is 19.6. The van der Waals surface area contributed by atoms with E-state index in [1.54, 1.807) is 0 Å². The molecule has 0 spiro atoms. The molecule has 1 fully saturated rings. The Kier molecular flexibility index (Phi) is 5.83. The lowest BCUT2D eigenvalue weighted by Gasteiger charge is -2.10. The van der Waals surface area contributed by atoms with E-state index in [0.29, 0.717) is 5.16 Å². The van der Waals surface area contributed by atoms with Gasteiger partial charge in [-0.05, 0) is 12.3 Å². The van der Waals surface area contributed by atoms with Crippen molar-refractivity contribution in [2.24, 2.45) is 20.0 Å². The van der Waals surface area contributed by atoms with Crippen molar-refractivity contribution >= 4 is 23.4 Å². The first-order valence-corrected chi connectivity index (χ1v) is 9.99. The Bertz CT molecular complexity index is 955. The van der Waals surface area contributed by atoms with Crippen LogP contribution in [-0.4, -0.2) is 35.9 Å². The number of thioether (sulfide) groups is 1. The molecule has 0 unspecified atom stereocenters. The highest BCUT2D eigenvalue weighted by molar-refractivity contribution is 7.99. The summed E-state index contributed by atoms with van der Waals surface area (Å²) in [5, 5.41) is 7.50. The number of anilines is 1. The van der Waals surface area contributed by atoms with E-state index in [0.717, 1.165) is 45.5 Å². The minimum Gasteiger partial charge on any atom is -0.384 e. The highest BCUT2D eigenvalue weighted by Gasteiger charge is 2.21. The minimum absolute atomic E-state index is 0.0302. The normalized spacial score (nSPS) is 14.7.